The summed E-state index contributed by atoms with van der Waals surface area (Å²) in [6.07, 6.45) is -1.54. The molecule has 0 spiro atoms. The Bertz CT molecular complexity index is 791. The van der Waals surface area contributed by atoms with Crippen LogP contribution in [0, 0.1) is 11.7 Å². The summed E-state index contributed by atoms with van der Waals surface area (Å²) in [6.45, 7) is 9.01. The highest BCUT2D eigenvalue weighted by Gasteiger charge is 2.28. The lowest BCUT2D eigenvalue weighted by atomic mass is 10.1. The molecule has 2 rings (SSSR count). The normalized spacial score (nSPS) is 13.7. The fourth-order valence-electron chi connectivity index (χ4n) is 2.34. The van der Waals surface area contributed by atoms with E-state index in [2.05, 4.69) is 15.6 Å². The molecule has 2 aromatic rings. The number of amides is 2. The first kappa shape index (κ1) is 20.1. The Morgan fingerprint density at radius 2 is 1.85 bits per heavy atom. The number of thiazole rings is 1. The summed E-state index contributed by atoms with van der Waals surface area (Å²) in [5.41, 5.74) is 0.681. The first-order chi connectivity index (χ1) is 12.2. The van der Waals surface area contributed by atoms with E-state index in [1.165, 1.54) is 23.5 Å². The molecule has 0 saturated carbocycles. The second kappa shape index (κ2) is 8.44. The van der Waals surface area contributed by atoms with Crippen LogP contribution in [0.25, 0.3) is 10.2 Å². The van der Waals surface area contributed by atoms with E-state index in [1.54, 1.807) is 26.8 Å². The number of benzene rings is 1. The van der Waals surface area contributed by atoms with E-state index in [1.807, 2.05) is 13.8 Å². The van der Waals surface area contributed by atoms with E-state index in [4.69, 9.17) is 4.74 Å². The van der Waals surface area contributed by atoms with Gasteiger partial charge in [-0.25, -0.2) is 14.2 Å². The standard InChI is InChI=1S/C18H24FN3O3S/c1-9(2)15(25-18(24)20-10(3)4)16(23)21-11(5)17-22-13-7-6-12(19)8-14(13)26-17/h6-11,15H,1-5H3,(H,20,24)(H,21,23)/t11-,15+/m1/s1. The van der Waals surface area contributed by atoms with E-state index < -0.39 is 18.1 Å². The molecule has 6 nitrogen and oxygen atoms in total. The molecule has 0 radical (unpaired) electrons. The summed E-state index contributed by atoms with van der Waals surface area (Å²) < 4.78 is 19.3. The minimum atomic E-state index is -0.914. The minimum absolute atomic E-state index is 0.0829. The average Bonchev–Trinajstić information content (AvgIpc) is 2.94. The maximum Gasteiger partial charge on any atom is 0.408 e. The van der Waals surface area contributed by atoms with Crippen molar-refractivity contribution in [3.63, 3.8) is 0 Å². The molecule has 2 atom stereocenters. The van der Waals surface area contributed by atoms with Crippen molar-refractivity contribution < 1.29 is 18.7 Å². The SMILES string of the molecule is CC(C)NC(=O)O[C@H](C(=O)N[C@H](C)c1nc2ccc(F)cc2s1)C(C)C. The third-order valence-corrected chi connectivity index (χ3v) is 4.80. The highest BCUT2D eigenvalue weighted by Crippen LogP contribution is 2.27. The molecular formula is C18H24FN3O3S. The zero-order chi connectivity index (χ0) is 19.4. The smallest absolute Gasteiger partial charge is 0.408 e. The van der Waals surface area contributed by atoms with Crippen molar-refractivity contribution in [3.05, 3.63) is 29.0 Å². The van der Waals surface area contributed by atoms with Crippen LogP contribution < -0.4 is 10.6 Å². The van der Waals surface area contributed by atoms with Crippen LogP contribution in [0.1, 0.15) is 45.7 Å². The van der Waals surface area contributed by atoms with Crippen molar-refractivity contribution in [1.82, 2.24) is 15.6 Å². The van der Waals surface area contributed by atoms with Crippen molar-refractivity contribution in [3.8, 4) is 0 Å². The first-order valence-electron chi connectivity index (χ1n) is 8.51. The number of alkyl carbamates (subject to hydrolysis) is 1. The van der Waals surface area contributed by atoms with Crippen LogP contribution in [0.5, 0.6) is 0 Å². The number of nitrogens with zero attached hydrogens (tertiary/aromatic N) is 1. The largest absolute Gasteiger partial charge is 0.436 e. The number of fused-ring (bicyclic) bond motifs is 1. The summed E-state index contributed by atoms with van der Waals surface area (Å²) in [4.78, 5) is 28.8. The molecule has 1 aromatic carbocycles. The number of hydrogen-bond acceptors (Lipinski definition) is 5. The van der Waals surface area contributed by atoms with Crippen LogP contribution in [0.2, 0.25) is 0 Å². The number of carbonyl (C=O) groups is 2. The molecule has 0 aliphatic heterocycles. The van der Waals surface area contributed by atoms with Gasteiger partial charge in [-0.05, 0) is 44.9 Å². The Labute approximate surface area is 156 Å². The van der Waals surface area contributed by atoms with Crippen molar-refractivity contribution in [2.75, 3.05) is 0 Å². The topological polar surface area (TPSA) is 80.3 Å². The number of aromatic nitrogens is 1. The molecule has 0 aliphatic rings. The Hall–Kier alpha value is -2.22. The molecule has 1 aromatic heterocycles. The molecule has 142 valence electrons. The van der Waals surface area contributed by atoms with E-state index in [0.29, 0.717) is 15.2 Å². The second-order valence-corrected chi connectivity index (χ2v) is 7.83. The Morgan fingerprint density at radius 3 is 2.46 bits per heavy atom. The van der Waals surface area contributed by atoms with Gasteiger partial charge >= 0.3 is 6.09 Å². The van der Waals surface area contributed by atoms with Gasteiger partial charge in [-0.2, -0.15) is 0 Å². The molecule has 0 fully saturated rings. The molecule has 0 bridgehead atoms. The van der Waals surface area contributed by atoms with Gasteiger partial charge in [0.15, 0.2) is 6.10 Å². The van der Waals surface area contributed by atoms with Crippen LogP contribution in [0.4, 0.5) is 9.18 Å². The highest BCUT2D eigenvalue weighted by atomic mass is 32.1. The van der Waals surface area contributed by atoms with Crippen molar-refractivity contribution in [2.45, 2.75) is 52.8 Å². The lowest BCUT2D eigenvalue weighted by molar-refractivity contribution is -0.132. The number of halogens is 1. The average molecular weight is 381 g/mol. The van der Waals surface area contributed by atoms with Crippen LogP contribution in [-0.4, -0.2) is 29.1 Å². The van der Waals surface area contributed by atoms with Gasteiger partial charge < -0.3 is 15.4 Å². The second-order valence-electron chi connectivity index (χ2n) is 6.76. The maximum absolute atomic E-state index is 13.3. The highest BCUT2D eigenvalue weighted by molar-refractivity contribution is 7.18. The maximum atomic E-state index is 13.3. The number of carbonyl (C=O) groups excluding carboxylic acids is 2. The summed E-state index contributed by atoms with van der Waals surface area (Å²) in [7, 11) is 0. The van der Waals surface area contributed by atoms with Crippen LogP contribution in [0.3, 0.4) is 0 Å². The monoisotopic (exact) mass is 381 g/mol. The van der Waals surface area contributed by atoms with Gasteiger partial charge in [0.05, 0.1) is 16.3 Å². The van der Waals surface area contributed by atoms with E-state index in [0.717, 1.165) is 0 Å². The van der Waals surface area contributed by atoms with E-state index in [-0.39, 0.29) is 23.8 Å². The quantitative estimate of drug-likeness (QED) is 0.798. The summed E-state index contributed by atoms with van der Waals surface area (Å²) in [5.74, 6) is -0.907. The van der Waals surface area contributed by atoms with Crippen LogP contribution >= 0.6 is 11.3 Å². The number of ether oxygens (including phenoxy) is 1. The Kier molecular flexibility index (Phi) is 6.52. The third-order valence-electron chi connectivity index (χ3n) is 3.60. The molecule has 0 saturated heterocycles. The molecule has 1 heterocycles. The fraction of sp³-hybridized carbons (Fsp3) is 0.500. The predicted octanol–water partition coefficient (Wildman–Crippen LogP) is 3.77. The van der Waals surface area contributed by atoms with Crippen LogP contribution in [0.15, 0.2) is 18.2 Å². The van der Waals surface area contributed by atoms with Crippen molar-refractivity contribution >= 4 is 33.6 Å². The molecule has 0 unspecified atom stereocenters. The molecular weight excluding hydrogens is 357 g/mol. The molecule has 0 aliphatic carbocycles. The third kappa shape index (κ3) is 5.14. The van der Waals surface area contributed by atoms with E-state index >= 15 is 0 Å². The number of rotatable bonds is 6. The van der Waals surface area contributed by atoms with Gasteiger partial charge in [-0.15, -0.1) is 11.3 Å². The Balaban J connectivity index is 2.07. The number of nitrogens with one attached hydrogen (secondary N) is 2. The van der Waals surface area contributed by atoms with Gasteiger partial charge in [0.25, 0.3) is 5.91 Å². The molecule has 2 amide bonds. The van der Waals surface area contributed by atoms with Crippen LogP contribution in [-0.2, 0) is 9.53 Å². The van der Waals surface area contributed by atoms with Crippen molar-refractivity contribution in [1.29, 1.82) is 0 Å². The minimum Gasteiger partial charge on any atom is -0.436 e. The van der Waals surface area contributed by atoms with Gasteiger partial charge in [0, 0.05) is 6.04 Å². The molecule has 8 heteroatoms. The first-order valence-corrected chi connectivity index (χ1v) is 9.32. The lowest BCUT2D eigenvalue weighted by Gasteiger charge is -2.23. The lowest BCUT2D eigenvalue weighted by Crippen LogP contribution is -2.44. The summed E-state index contributed by atoms with van der Waals surface area (Å²) in [5, 5.41) is 6.09. The van der Waals surface area contributed by atoms with E-state index in [9.17, 15) is 14.0 Å². The van der Waals surface area contributed by atoms with Crippen molar-refractivity contribution in [2.24, 2.45) is 5.92 Å². The zero-order valence-corrected chi connectivity index (χ0v) is 16.3. The molecule has 26 heavy (non-hydrogen) atoms. The zero-order valence-electron chi connectivity index (χ0n) is 15.5. The predicted molar refractivity (Wildman–Crippen MR) is 99.5 cm³/mol. The van der Waals surface area contributed by atoms with Gasteiger partial charge in [-0.1, -0.05) is 13.8 Å². The summed E-state index contributed by atoms with van der Waals surface area (Å²) in [6, 6.07) is 3.91. The Morgan fingerprint density at radius 1 is 1.15 bits per heavy atom. The fourth-order valence-corrected chi connectivity index (χ4v) is 3.33. The van der Waals surface area contributed by atoms with Gasteiger partial charge in [0.2, 0.25) is 0 Å². The van der Waals surface area contributed by atoms with Gasteiger partial charge in [0.1, 0.15) is 10.8 Å². The van der Waals surface area contributed by atoms with Gasteiger partial charge in [-0.3, -0.25) is 4.79 Å². The summed E-state index contributed by atoms with van der Waals surface area (Å²) >= 11 is 1.32. The molecule has 2 N–H and O–H groups in total. The number of hydrogen-bond donors (Lipinski definition) is 2.